The van der Waals surface area contributed by atoms with Crippen LogP contribution in [-0.2, 0) is 16.1 Å². The second-order valence-corrected chi connectivity index (χ2v) is 9.58. The van der Waals surface area contributed by atoms with E-state index < -0.39 is 0 Å². The molecule has 1 fully saturated rings. The van der Waals surface area contributed by atoms with E-state index in [0.717, 1.165) is 54.7 Å². The van der Waals surface area contributed by atoms with Crippen LogP contribution in [0.25, 0.3) is 22.1 Å². The zero-order valence-corrected chi connectivity index (χ0v) is 20.3. The van der Waals surface area contributed by atoms with Gasteiger partial charge in [0.2, 0.25) is 17.0 Å². The molecule has 1 aliphatic heterocycles. The van der Waals surface area contributed by atoms with Gasteiger partial charge < -0.3 is 15.2 Å². The van der Waals surface area contributed by atoms with Crippen LogP contribution in [0.5, 0.6) is 0 Å². The number of para-hydroxylation sites is 1. The van der Waals surface area contributed by atoms with Gasteiger partial charge in [-0.25, -0.2) is 4.98 Å². The number of aromatic amines is 1. The van der Waals surface area contributed by atoms with Gasteiger partial charge in [-0.3, -0.25) is 14.5 Å². The lowest BCUT2D eigenvalue weighted by atomic mass is 10.2. The summed E-state index contributed by atoms with van der Waals surface area (Å²) < 4.78 is 0. The van der Waals surface area contributed by atoms with Gasteiger partial charge in [-0.2, -0.15) is 0 Å². The first-order valence-electron chi connectivity index (χ1n) is 11.7. The van der Waals surface area contributed by atoms with Gasteiger partial charge >= 0.3 is 0 Å². The van der Waals surface area contributed by atoms with E-state index in [4.69, 9.17) is 0 Å². The number of carbonyl (C=O) groups is 2. The van der Waals surface area contributed by atoms with Gasteiger partial charge in [-0.15, -0.1) is 10.2 Å². The summed E-state index contributed by atoms with van der Waals surface area (Å²) in [5, 5.41) is 12.8. The number of H-pyrrole nitrogens is 1. The van der Waals surface area contributed by atoms with Crippen LogP contribution >= 0.6 is 11.8 Å². The van der Waals surface area contributed by atoms with E-state index in [1.54, 1.807) is 0 Å². The first kappa shape index (κ1) is 23.3. The quantitative estimate of drug-likeness (QED) is 0.400. The summed E-state index contributed by atoms with van der Waals surface area (Å²) in [7, 11) is 0. The molecule has 0 aliphatic carbocycles. The molecule has 0 atom stereocenters. The third-order valence-electron chi connectivity index (χ3n) is 6.05. The molecule has 5 rings (SSSR count). The van der Waals surface area contributed by atoms with Crippen molar-refractivity contribution in [2.75, 3.05) is 37.2 Å². The fraction of sp³-hybridized carbons (Fsp3) is 0.320. The van der Waals surface area contributed by atoms with Gasteiger partial charge in [0, 0.05) is 56.2 Å². The predicted octanol–water partition coefficient (Wildman–Crippen LogP) is 3.29. The lowest BCUT2D eigenvalue weighted by molar-refractivity contribution is -0.128. The van der Waals surface area contributed by atoms with Crippen molar-refractivity contribution >= 4 is 51.3 Å². The lowest BCUT2D eigenvalue weighted by Crippen LogP contribution is -2.36. The highest BCUT2D eigenvalue weighted by molar-refractivity contribution is 7.99. The maximum absolute atomic E-state index is 12.9. The van der Waals surface area contributed by atoms with E-state index in [1.165, 1.54) is 24.2 Å². The van der Waals surface area contributed by atoms with Crippen LogP contribution in [0.15, 0.2) is 53.7 Å². The lowest BCUT2D eigenvalue weighted by Gasteiger charge is -2.22. The second-order valence-electron chi connectivity index (χ2n) is 8.64. The second kappa shape index (κ2) is 10.4. The van der Waals surface area contributed by atoms with Gasteiger partial charge in [0.15, 0.2) is 5.65 Å². The maximum Gasteiger partial charge on any atom is 0.233 e. The number of nitrogens with one attached hydrogen (secondary N) is 2. The average Bonchev–Trinajstić information content (AvgIpc) is 3.06. The number of fused-ring (bicyclic) bond motifs is 3. The molecule has 4 aromatic rings. The highest BCUT2D eigenvalue weighted by Crippen LogP contribution is 2.23. The van der Waals surface area contributed by atoms with Crippen molar-refractivity contribution in [1.82, 2.24) is 30.0 Å². The van der Waals surface area contributed by atoms with E-state index in [-0.39, 0.29) is 17.6 Å². The number of benzene rings is 2. The fourth-order valence-corrected chi connectivity index (χ4v) is 5.01. The number of rotatable bonds is 6. The molecule has 0 bridgehead atoms. The summed E-state index contributed by atoms with van der Waals surface area (Å²) in [5.74, 6) is 0.309. The Bertz CT molecular complexity index is 1360. The first-order valence-corrected chi connectivity index (χ1v) is 12.6. The molecule has 1 aliphatic rings. The molecule has 3 heterocycles. The number of carbonyl (C=O) groups excluding carboxylic acids is 2. The minimum atomic E-state index is -0.0746. The Hall–Kier alpha value is -3.50. The third kappa shape index (κ3) is 5.60. The molecule has 2 aromatic heterocycles. The number of thioether (sulfide) groups is 1. The SMILES string of the molecule is CC(=O)Nc1ccc(CN2CCCN(C(=O)CSc3nnc4c(n3)[nH]c3ccccc34)CC2)cc1. The standard InChI is InChI=1S/C25H27N7O2S/c1-17(33)26-19-9-7-18(8-10-19)15-31-11-4-12-32(14-13-31)22(34)16-35-25-28-24-23(29-30-25)20-5-2-3-6-21(20)27-24/h2-3,5-10H,4,11-16H2,1H3,(H,26,33)(H,27,28,30). The van der Waals surface area contributed by atoms with E-state index >= 15 is 0 Å². The number of hydrogen-bond donors (Lipinski definition) is 2. The van der Waals surface area contributed by atoms with Crippen molar-refractivity contribution in [3.8, 4) is 0 Å². The van der Waals surface area contributed by atoms with Crippen LogP contribution in [0, 0.1) is 0 Å². The van der Waals surface area contributed by atoms with Crippen LogP contribution in [0.4, 0.5) is 5.69 Å². The summed E-state index contributed by atoms with van der Waals surface area (Å²) in [4.78, 5) is 36.2. The highest BCUT2D eigenvalue weighted by Gasteiger charge is 2.20. The van der Waals surface area contributed by atoms with Crippen LogP contribution < -0.4 is 5.32 Å². The molecule has 2 N–H and O–H groups in total. The highest BCUT2D eigenvalue weighted by atomic mass is 32.2. The number of hydrogen-bond acceptors (Lipinski definition) is 7. The Kier molecular flexibility index (Phi) is 6.91. The molecule has 1 saturated heterocycles. The molecular weight excluding hydrogens is 462 g/mol. The van der Waals surface area contributed by atoms with E-state index in [9.17, 15) is 9.59 Å². The van der Waals surface area contributed by atoms with Gasteiger partial charge in [0.05, 0.1) is 5.75 Å². The molecule has 2 aromatic carbocycles. The largest absolute Gasteiger partial charge is 0.341 e. The maximum atomic E-state index is 12.9. The predicted molar refractivity (Wildman–Crippen MR) is 137 cm³/mol. The summed E-state index contributed by atoms with van der Waals surface area (Å²) in [6.45, 7) is 5.53. The van der Waals surface area contributed by atoms with Crippen LogP contribution in [0.1, 0.15) is 18.9 Å². The summed E-state index contributed by atoms with van der Waals surface area (Å²) >= 11 is 1.32. The Labute approximate surface area is 207 Å². The van der Waals surface area contributed by atoms with Crippen LogP contribution in [0.2, 0.25) is 0 Å². The molecule has 0 spiro atoms. The summed E-state index contributed by atoms with van der Waals surface area (Å²) in [5.41, 5.74) is 4.39. The Morgan fingerprint density at radius 1 is 1.03 bits per heavy atom. The van der Waals surface area contributed by atoms with Gasteiger partial charge in [0.25, 0.3) is 0 Å². The molecule has 0 saturated carbocycles. The van der Waals surface area contributed by atoms with Crippen LogP contribution in [-0.4, -0.2) is 73.7 Å². The molecular formula is C25H27N7O2S. The monoisotopic (exact) mass is 489 g/mol. The zero-order valence-electron chi connectivity index (χ0n) is 19.5. The normalized spacial score (nSPS) is 14.8. The Balaban J connectivity index is 1.14. The van der Waals surface area contributed by atoms with Crippen molar-refractivity contribution in [3.05, 3.63) is 54.1 Å². The summed E-state index contributed by atoms with van der Waals surface area (Å²) in [6.07, 6.45) is 0.930. The van der Waals surface area contributed by atoms with Crippen molar-refractivity contribution in [2.24, 2.45) is 0 Å². The fourth-order valence-electron chi connectivity index (χ4n) is 4.32. The Morgan fingerprint density at radius 3 is 2.69 bits per heavy atom. The van der Waals surface area contributed by atoms with E-state index in [2.05, 4.69) is 30.4 Å². The van der Waals surface area contributed by atoms with Crippen molar-refractivity contribution in [3.63, 3.8) is 0 Å². The van der Waals surface area contributed by atoms with Gasteiger partial charge in [-0.05, 0) is 30.2 Å². The minimum absolute atomic E-state index is 0.0746. The molecule has 2 amide bonds. The van der Waals surface area contributed by atoms with Crippen LogP contribution in [0.3, 0.4) is 0 Å². The summed E-state index contributed by atoms with van der Waals surface area (Å²) in [6, 6.07) is 15.8. The number of nitrogens with zero attached hydrogens (tertiary/aromatic N) is 5. The molecule has 35 heavy (non-hydrogen) atoms. The molecule has 10 heteroatoms. The third-order valence-corrected chi connectivity index (χ3v) is 6.87. The smallest absolute Gasteiger partial charge is 0.233 e. The van der Waals surface area contributed by atoms with Crippen molar-refractivity contribution < 1.29 is 9.59 Å². The van der Waals surface area contributed by atoms with Crippen molar-refractivity contribution in [2.45, 2.75) is 25.0 Å². The van der Waals surface area contributed by atoms with Crippen molar-refractivity contribution in [1.29, 1.82) is 0 Å². The molecule has 0 radical (unpaired) electrons. The molecule has 9 nitrogen and oxygen atoms in total. The molecule has 0 unspecified atom stereocenters. The molecule has 180 valence electrons. The zero-order chi connectivity index (χ0) is 24.2. The van der Waals surface area contributed by atoms with Gasteiger partial charge in [-0.1, -0.05) is 42.1 Å². The topological polar surface area (TPSA) is 107 Å². The minimum Gasteiger partial charge on any atom is -0.341 e. The van der Waals surface area contributed by atoms with Gasteiger partial charge in [0.1, 0.15) is 5.52 Å². The van der Waals surface area contributed by atoms with E-state index in [1.807, 2.05) is 53.4 Å². The average molecular weight is 490 g/mol. The number of aromatic nitrogens is 4. The Morgan fingerprint density at radius 2 is 1.86 bits per heavy atom. The number of anilines is 1. The first-order chi connectivity index (χ1) is 17.0. The van der Waals surface area contributed by atoms with E-state index in [0.29, 0.717) is 17.3 Å². The number of amides is 2.